The molecule has 0 aliphatic carbocycles. The highest BCUT2D eigenvalue weighted by Crippen LogP contribution is 2.35. The molecule has 2 atom stereocenters. The molecule has 0 saturated carbocycles. The molecule has 1 aliphatic heterocycles. The van der Waals surface area contributed by atoms with E-state index in [0.717, 1.165) is 0 Å². The summed E-state index contributed by atoms with van der Waals surface area (Å²) in [6.07, 6.45) is -1.06. The van der Waals surface area contributed by atoms with Gasteiger partial charge in [0.2, 0.25) is 0 Å². The summed E-state index contributed by atoms with van der Waals surface area (Å²) in [4.78, 5) is 32.0. The number of nitro benzene ring substituents is 1. The van der Waals surface area contributed by atoms with E-state index < -0.39 is 28.9 Å². The second-order valence-corrected chi connectivity index (χ2v) is 3.91. The third kappa shape index (κ3) is 2.15. The Kier molecular flexibility index (Phi) is 2.97. The van der Waals surface area contributed by atoms with Gasteiger partial charge in [0.05, 0.1) is 11.3 Å². The Hall–Kier alpha value is -2.44. The van der Waals surface area contributed by atoms with Crippen LogP contribution < -0.4 is 0 Å². The van der Waals surface area contributed by atoms with E-state index in [2.05, 4.69) is 0 Å². The number of carboxylic acid groups (broad SMARTS) is 1. The SMILES string of the molecule is O=C1C[C@H](C(=O)O)[C@@H](c2ccc([N+](=O)[O-])cc2)O1. The van der Waals surface area contributed by atoms with Crippen LogP contribution in [0.3, 0.4) is 0 Å². The lowest BCUT2D eigenvalue weighted by Crippen LogP contribution is -2.17. The van der Waals surface area contributed by atoms with E-state index in [1.54, 1.807) is 0 Å². The number of benzene rings is 1. The van der Waals surface area contributed by atoms with Gasteiger partial charge in [-0.1, -0.05) is 0 Å². The number of nitro groups is 1. The summed E-state index contributed by atoms with van der Waals surface area (Å²) >= 11 is 0. The highest BCUT2D eigenvalue weighted by atomic mass is 16.6. The van der Waals surface area contributed by atoms with Crippen LogP contribution in [0.2, 0.25) is 0 Å². The summed E-state index contributed by atoms with van der Waals surface area (Å²) in [6, 6.07) is 5.30. The van der Waals surface area contributed by atoms with Crippen molar-refractivity contribution in [3.63, 3.8) is 0 Å². The molecule has 7 nitrogen and oxygen atoms in total. The first-order chi connectivity index (χ1) is 8.49. The molecule has 1 aromatic rings. The number of ether oxygens (including phenoxy) is 1. The van der Waals surface area contributed by atoms with Crippen molar-refractivity contribution >= 4 is 17.6 Å². The van der Waals surface area contributed by atoms with Crippen molar-refractivity contribution in [2.45, 2.75) is 12.5 Å². The van der Waals surface area contributed by atoms with Crippen LogP contribution in [0, 0.1) is 16.0 Å². The maximum atomic E-state index is 11.1. The monoisotopic (exact) mass is 251 g/mol. The molecule has 1 aliphatic rings. The number of esters is 1. The molecule has 1 fully saturated rings. The molecule has 0 bridgehead atoms. The Morgan fingerprint density at radius 2 is 2.00 bits per heavy atom. The lowest BCUT2D eigenvalue weighted by atomic mass is 9.95. The van der Waals surface area contributed by atoms with E-state index in [1.165, 1.54) is 24.3 Å². The average Bonchev–Trinajstić information content (AvgIpc) is 2.71. The third-order valence-electron chi connectivity index (χ3n) is 2.76. The van der Waals surface area contributed by atoms with Crippen molar-refractivity contribution in [2.24, 2.45) is 5.92 Å². The number of hydrogen-bond donors (Lipinski definition) is 1. The van der Waals surface area contributed by atoms with Gasteiger partial charge in [0.15, 0.2) is 0 Å². The quantitative estimate of drug-likeness (QED) is 0.492. The number of carboxylic acids is 1. The zero-order valence-electron chi connectivity index (χ0n) is 9.11. The zero-order valence-corrected chi connectivity index (χ0v) is 9.11. The second-order valence-electron chi connectivity index (χ2n) is 3.91. The maximum absolute atomic E-state index is 11.1. The first-order valence-corrected chi connectivity index (χ1v) is 5.15. The summed E-state index contributed by atoms with van der Waals surface area (Å²) in [7, 11) is 0. The molecule has 0 radical (unpaired) electrons. The lowest BCUT2D eigenvalue weighted by Gasteiger charge is -2.13. The minimum atomic E-state index is -1.12. The molecule has 1 saturated heterocycles. The molecule has 94 valence electrons. The fourth-order valence-electron chi connectivity index (χ4n) is 1.86. The number of nitrogens with zero attached hydrogens (tertiary/aromatic N) is 1. The molecule has 7 heteroatoms. The predicted molar refractivity (Wildman–Crippen MR) is 57.7 cm³/mol. The number of hydrogen-bond acceptors (Lipinski definition) is 5. The van der Waals surface area contributed by atoms with Gasteiger partial charge in [-0.3, -0.25) is 19.7 Å². The van der Waals surface area contributed by atoms with Crippen LogP contribution in [0.4, 0.5) is 5.69 Å². The summed E-state index contributed by atoms with van der Waals surface area (Å²) in [5.41, 5.74) is 0.341. The number of aliphatic carboxylic acids is 1. The number of carbonyl (C=O) groups excluding carboxylic acids is 1. The van der Waals surface area contributed by atoms with Crippen LogP contribution in [-0.2, 0) is 14.3 Å². The first-order valence-electron chi connectivity index (χ1n) is 5.15. The molecular formula is C11H9NO6. The van der Waals surface area contributed by atoms with Gasteiger partial charge in [-0.25, -0.2) is 0 Å². The van der Waals surface area contributed by atoms with Gasteiger partial charge in [-0.15, -0.1) is 0 Å². The lowest BCUT2D eigenvalue weighted by molar-refractivity contribution is -0.384. The number of cyclic esters (lactones) is 1. The van der Waals surface area contributed by atoms with Gasteiger partial charge in [0.25, 0.3) is 5.69 Å². The van der Waals surface area contributed by atoms with E-state index >= 15 is 0 Å². The highest BCUT2D eigenvalue weighted by molar-refractivity contribution is 5.82. The van der Waals surface area contributed by atoms with Gasteiger partial charge in [-0.05, 0) is 17.7 Å². The molecule has 1 aromatic carbocycles. The molecule has 0 aromatic heterocycles. The summed E-state index contributed by atoms with van der Waals surface area (Å²) < 4.78 is 4.93. The Bertz CT molecular complexity index is 509. The van der Waals surface area contributed by atoms with Crippen molar-refractivity contribution in [1.29, 1.82) is 0 Å². The third-order valence-corrected chi connectivity index (χ3v) is 2.76. The van der Waals surface area contributed by atoms with Crippen LogP contribution >= 0.6 is 0 Å². The molecular weight excluding hydrogens is 242 g/mol. The predicted octanol–water partition coefficient (Wildman–Crippen LogP) is 1.28. The van der Waals surface area contributed by atoms with Crippen LogP contribution in [0.1, 0.15) is 18.1 Å². The van der Waals surface area contributed by atoms with E-state index in [9.17, 15) is 19.7 Å². The van der Waals surface area contributed by atoms with Crippen LogP contribution in [0.25, 0.3) is 0 Å². The Morgan fingerprint density at radius 1 is 1.39 bits per heavy atom. The van der Waals surface area contributed by atoms with Crippen LogP contribution in [-0.4, -0.2) is 22.0 Å². The van der Waals surface area contributed by atoms with Crippen molar-refractivity contribution in [3.05, 3.63) is 39.9 Å². The standard InChI is InChI=1S/C11H9NO6/c13-9-5-8(11(14)15)10(18-9)6-1-3-7(4-2-6)12(16)17/h1-4,8,10H,5H2,(H,14,15)/t8-,10+/m0/s1. The molecule has 18 heavy (non-hydrogen) atoms. The van der Waals surface area contributed by atoms with Crippen molar-refractivity contribution < 1.29 is 24.4 Å². The summed E-state index contributed by atoms with van der Waals surface area (Å²) in [5.74, 6) is -2.64. The average molecular weight is 251 g/mol. The molecule has 1 N–H and O–H groups in total. The fourth-order valence-corrected chi connectivity index (χ4v) is 1.86. The largest absolute Gasteiger partial charge is 0.481 e. The van der Waals surface area contributed by atoms with E-state index in [0.29, 0.717) is 5.56 Å². The summed E-state index contributed by atoms with van der Waals surface area (Å²) in [6.45, 7) is 0. The van der Waals surface area contributed by atoms with Crippen LogP contribution in [0.15, 0.2) is 24.3 Å². The minimum absolute atomic E-state index is 0.102. The minimum Gasteiger partial charge on any atom is -0.481 e. The van der Waals surface area contributed by atoms with E-state index in [4.69, 9.17) is 9.84 Å². The van der Waals surface area contributed by atoms with Crippen LogP contribution in [0.5, 0.6) is 0 Å². The van der Waals surface area contributed by atoms with E-state index in [-0.39, 0.29) is 12.1 Å². The second kappa shape index (κ2) is 4.44. The van der Waals surface area contributed by atoms with Gasteiger partial charge < -0.3 is 9.84 Å². The molecule has 1 heterocycles. The first kappa shape index (κ1) is 12.0. The highest BCUT2D eigenvalue weighted by Gasteiger charge is 2.40. The van der Waals surface area contributed by atoms with Gasteiger partial charge in [0, 0.05) is 12.1 Å². The van der Waals surface area contributed by atoms with E-state index in [1.807, 2.05) is 0 Å². The van der Waals surface area contributed by atoms with Crippen molar-refractivity contribution in [2.75, 3.05) is 0 Å². The number of non-ortho nitro benzene ring substituents is 1. The smallest absolute Gasteiger partial charge is 0.311 e. The molecule has 2 rings (SSSR count). The van der Waals surface area contributed by atoms with Crippen molar-refractivity contribution in [3.8, 4) is 0 Å². The molecule has 0 unspecified atom stereocenters. The Morgan fingerprint density at radius 3 is 2.50 bits per heavy atom. The van der Waals surface area contributed by atoms with Gasteiger partial charge >= 0.3 is 11.9 Å². The summed E-state index contributed by atoms with van der Waals surface area (Å²) in [5, 5.41) is 19.4. The number of carbonyl (C=O) groups is 2. The van der Waals surface area contributed by atoms with Gasteiger partial charge in [-0.2, -0.15) is 0 Å². The van der Waals surface area contributed by atoms with Gasteiger partial charge in [0.1, 0.15) is 12.0 Å². The zero-order chi connectivity index (χ0) is 13.3. The topological polar surface area (TPSA) is 107 Å². The Labute approximate surface area is 101 Å². The fraction of sp³-hybridized carbons (Fsp3) is 0.273. The Balaban J connectivity index is 2.27. The molecule has 0 amide bonds. The van der Waals surface area contributed by atoms with Crippen molar-refractivity contribution in [1.82, 2.24) is 0 Å². The molecule has 0 spiro atoms. The number of rotatable bonds is 3. The maximum Gasteiger partial charge on any atom is 0.311 e. The normalized spacial score (nSPS) is 22.6.